The first kappa shape index (κ1) is 16.5. The standard InChI is InChI=1S/C17H23NO4/c1-13(2)6-8-22-15-5-3-4-14(10-15)16(19)18-11-17(20)7-9-21-12-17/h3-6,10,20H,7-9,11-12H2,1-2H3,(H,18,19)/t17-/m1/s1. The summed E-state index contributed by atoms with van der Waals surface area (Å²) in [5.41, 5.74) is 0.742. The SMILES string of the molecule is CC(C)=CCOc1cccc(C(=O)NC[C@]2(O)CCOC2)c1. The summed E-state index contributed by atoms with van der Waals surface area (Å²) in [5, 5.41) is 12.9. The molecule has 1 aromatic carbocycles. The van der Waals surface area contributed by atoms with Gasteiger partial charge in [-0.1, -0.05) is 11.6 Å². The molecule has 1 atom stereocenters. The van der Waals surface area contributed by atoms with Crippen molar-refractivity contribution in [3.63, 3.8) is 0 Å². The number of nitrogens with one attached hydrogen (secondary N) is 1. The number of carbonyl (C=O) groups excluding carboxylic acids is 1. The highest BCUT2D eigenvalue weighted by molar-refractivity contribution is 5.94. The molecule has 0 aliphatic carbocycles. The maximum atomic E-state index is 12.1. The van der Waals surface area contributed by atoms with Crippen molar-refractivity contribution >= 4 is 5.91 Å². The van der Waals surface area contributed by atoms with Crippen LogP contribution in [0.3, 0.4) is 0 Å². The molecule has 0 radical (unpaired) electrons. The minimum atomic E-state index is -0.951. The fourth-order valence-corrected chi connectivity index (χ4v) is 2.11. The van der Waals surface area contributed by atoms with Crippen molar-refractivity contribution in [2.45, 2.75) is 25.9 Å². The van der Waals surface area contributed by atoms with Crippen molar-refractivity contribution in [2.75, 3.05) is 26.4 Å². The first-order valence-electron chi connectivity index (χ1n) is 7.43. The third-order valence-corrected chi connectivity index (χ3v) is 3.50. The number of hydrogen-bond acceptors (Lipinski definition) is 4. The van der Waals surface area contributed by atoms with Crippen LogP contribution in [0.5, 0.6) is 5.75 Å². The van der Waals surface area contributed by atoms with Gasteiger partial charge in [-0.05, 0) is 38.1 Å². The Hall–Kier alpha value is -1.85. The van der Waals surface area contributed by atoms with E-state index in [4.69, 9.17) is 9.47 Å². The van der Waals surface area contributed by atoms with Crippen molar-refractivity contribution < 1.29 is 19.4 Å². The van der Waals surface area contributed by atoms with Gasteiger partial charge in [-0.2, -0.15) is 0 Å². The monoisotopic (exact) mass is 305 g/mol. The normalized spacial score (nSPS) is 20.5. The summed E-state index contributed by atoms with van der Waals surface area (Å²) in [6.07, 6.45) is 2.52. The quantitative estimate of drug-likeness (QED) is 0.788. The number of rotatable bonds is 6. The van der Waals surface area contributed by atoms with Crippen molar-refractivity contribution in [3.8, 4) is 5.75 Å². The lowest BCUT2D eigenvalue weighted by Gasteiger charge is -2.20. The van der Waals surface area contributed by atoms with Crippen LogP contribution >= 0.6 is 0 Å². The van der Waals surface area contributed by atoms with Crippen LogP contribution in [0.1, 0.15) is 30.6 Å². The number of carbonyl (C=O) groups is 1. The molecule has 0 bridgehead atoms. The molecule has 0 unspecified atom stereocenters. The van der Waals surface area contributed by atoms with Gasteiger partial charge in [-0.25, -0.2) is 0 Å². The first-order chi connectivity index (χ1) is 10.5. The fraction of sp³-hybridized carbons (Fsp3) is 0.471. The maximum Gasteiger partial charge on any atom is 0.251 e. The summed E-state index contributed by atoms with van der Waals surface area (Å²) in [6.45, 7) is 5.47. The molecule has 1 aromatic rings. The molecular weight excluding hydrogens is 282 g/mol. The van der Waals surface area contributed by atoms with E-state index in [-0.39, 0.29) is 19.1 Å². The van der Waals surface area contributed by atoms with Gasteiger partial charge >= 0.3 is 0 Å². The number of amides is 1. The molecule has 120 valence electrons. The molecule has 1 amide bonds. The van der Waals surface area contributed by atoms with Crippen LogP contribution in [-0.2, 0) is 4.74 Å². The topological polar surface area (TPSA) is 67.8 Å². The van der Waals surface area contributed by atoms with Gasteiger partial charge in [0, 0.05) is 25.1 Å². The first-order valence-corrected chi connectivity index (χ1v) is 7.43. The number of ether oxygens (including phenoxy) is 2. The van der Waals surface area contributed by atoms with E-state index in [0.29, 0.717) is 30.9 Å². The summed E-state index contributed by atoms with van der Waals surface area (Å²) >= 11 is 0. The van der Waals surface area contributed by atoms with E-state index >= 15 is 0 Å². The van der Waals surface area contributed by atoms with Crippen molar-refractivity contribution in [1.29, 1.82) is 0 Å². The molecule has 2 N–H and O–H groups in total. The molecule has 1 aliphatic rings. The largest absolute Gasteiger partial charge is 0.490 e. The van der Waals surface area contributed by atoms with Gasteiger partial charge in [-0.3, -0.25) is 4.79 Å². The van der Waals surface area contributed by atoms with E-state index in [2.05, 4.69) is 5.32 Å². The summed E-state index contributed by atoms with van der Waals surface area (Å²) in [6, 6.07) is 7.01. The molecular formula is C17H23NO4. The van der Waals surface area contributed by atoms with E-state index < -0.39 is 5.60 Å². The van der Waals surface area contributed by atoms with Gasteiger partial charge in [0.15, 0.2) is 0 Å². The number of benzene rings is 1. The van der Waals surface area contributed by atoms with E-state index in [9.17, 15) is 9.90 Å². The van der Waals surface area contributed by atoms with E-state index in [1.165, 1.54) is 5.57 Å². The zero-order chi connectivity index (χ0) is 16.0. The Morgan fingerprint density at radius 2 is 2.32 bits per heavy atom. The Bertz CT molecular complexity index is 543. The Morgan fingerprint density at radius 1 is 1.50 bits per heavy atom. The molecule has 5 heteroatoms. The van der Waals surface area contributed by atoms with Crippen LogP contribution < -0.4 is 10.1 Å². The highest BCUT2D eigenvalue weighted by Crippen LogP contribution is 2.18. The second-order valence-electron chi connectivity index (χ2n) is 5.83. The van der Waals surface area contributed by atoms with Gasteiger partial charge in [0.2, 0.25) is 0 Å². The smallest absolute Gasteiger partial charge is 0.251 e. The second-order valence-corrected chi connectivity index (χ2v) is 5.83. The van der Waals surface area contributed by atoms with E-state index in [1.54, 1.807) is 18.2 Å². The Kier molecular flexibility index (Phi) is 5.57. The molecule has 0 saturated carbocycles. The van der Waals surface area contributed by atoms with Crippen molar-refractivity contribution in [1.82, 2.24) is 5.32 Å². The number of hydrogen-bond donors (Lipinski definition) is 2. The predicted octanol–water partition coefficient (Wildman–Crippen LogP) is 1.91. The van der Waals surface area contributed by atoms with E-state index in [1.807, 2.05) is 26.0 Å². The molecule has 1 fully saturated rings. The van der Waals surface area contributed by atoms with Gasteiger partial charge in [0.05, 0.1) is 6.61 Å². The van der Waals surface area contributed by atoms with Crippen molar-refractivity contribution in [3.05, 3.63) is 41.5 Å². The molecule has 5 nitrogen and oxygen atoms in total. The van der Waals surface area contributed by atoms with Gasteiger partial charge in [0.1, 0.15) is 18.0 Å². The average Bonchev–Trinajstić information content (AvgIpc) is 2.92. The van der Waals surface area contributed by atoms with Gasteiger partial charge < -0.3 is 19.9 Å². The Balaban J connectivity index is 1.90. The lowest BCUT2D eigenvalue weighted by Crippen LogP contribution is -2.43. The van der Waals surface area contributed by atoms with Crippen LogP contribution in [0.25, 0.3) is 0 Å². The summed E-state index contributed by atoms with van der Waals surface area (Å²) in [4.78, 5) is 12.1. The van der Waals surface area contributed by atoms with Crippen LogP contribution in [0, 0.1) is 0 Å². The Labute approximate surface area is 130 Å². The molecule has 22 heavy (non-hydrogen) atoms. The van der Waals surface area contributed by atoms with Crippen LogP contribution in [0.15, 0.2) is 35.9 Å². The summed E-state index contributed by atoms with van der Waals surface area (Å²) in [7, 11) is 0. The molecule has 0 aromatic heterocycles. The number of aliphatic hydroxyl groups is 1. The third-order valence-electron chi connectivity index (χ3n) is 3.50. The lowest BCUT2D eigenvalue weighted by molar-refractivity contribution is 0.0264. The van der Waals surface area contributed by atoms with Crippen LogP contribution in [-0.4, -0.2) is 43.0 Å². The molecule has 1 aliphatic heterocycles. The zero-order valence-electron chi connectivity index (χ0n) is 13.1. The average molecular weight is 305 g/mol. The summed E-state index contributed by atoms with van der Waals surface area (Å²) < 4.78 is 10.7. The molecule has 1 heterocycles. The highest BCUT2D eigenvalue weighted by atomic mass is 16.5. The summed E-state index contributed by atoms with van der Waals surface area (Å²) in [5.74, 6) is 0.418. The third kappa shape index (κ3) is 4.86. The Morgan fingerprint density at radius 3 is 3.00 bits per heavy atom. The minimum absolute atomic E-state index is 0.189. The maximum absolute atomic E-state index is 12.1. The van der Waals surface area contributed by atoms with Gasteiger partial charge in [-0.15, -0.1) is 0 Å². The lowest BCUT2D eigenvalue weighted by atomic mass is 10.0. The molecule has 2 rings (SSSR count). The second kappa shape index (κ2) is 7.42. The highest BCUT2D eigenvalue weighted by Gasteiger charge is 2.32. The van der Waals surface area contributed by atoms with Crippen LogP contribution in [0.4, 0.5) is 0 Å². The van der Waals surface area contributed by atoms with Crippen molar-refractivity contribution in [2.24, 2.45) is 0 Å². The van der Waals surface area contributed by atoms with Gasteiger partial charge in [0.25, 0.3) is 5.91 Å². The number of allylic oxidation sites excluding steroid dienone is 1. The fourth-order valence-electron chi connectivity index (χ4n) is 2.11. The van der Waals surface area contributed by atoms with E-state index in [0.717, 1.165) is 0 Å². The molecule has 0 spiro atoms. The minimum Gasteiger partial charge on any atom is -0.490 e. The zero-order valence-corrected chi connectivity index (χ0v) is 13.1. The predicted molar refractivity (Wildman–Crippen MR) is 84.1 cm³/mol. The van der Waals surface area contributed by atoms with Crippen LogP contribution in [0.2, 0.25) is 0 Å². The molecule has 1 saturated heterocycles.